The maximum absolute atomic E-state index is 5.29. The molecule has 0 bridgehead atoms. The van der Waals surface area contributed by atoms with Gasteiger partial charge in [-0.05, 0) is 78.2 Å². The Labute approximate surface area is 368 Å². The van der Waals surface area contributed by atoms with Crippen LogP contribution in [0.2, 0.25) is 0 Å². The Morgan fingerprint density at radius 3 is 1.45 bits per heavy atom. The Bertz CT molecular complexity index is 3890. The molecule has 0 aliphatic rings. The lowest BCUT2D eigenvalue weighted by atomic mass is 9.97. The summed E-state index contributed by atoms with van der Waals surface area (Å²) in [6.45, 7) is 0. The van der Waals surface area contributed by atoms with Gasteiger partial charge in [0.2, 0.25) is 0 Å². The summed E-state index contributed by atoms with van der Waals surface area (Å²) in [4.78, 5) is 20.9. The topological polar surface area (TPSA) is 61.4 Å². The number of rotatable bonds is 6. The molecular formula is C58H36N6. The minimum Gasteiger partial charge on any atom is -0.309 e. The molecule has 0 radical (unpaired) electrons. The van der Waals surface area contributed by atoms with Gasteiger partial charge in [-0.25, -0.2) is 19.9 Å². The van der Waals surface area contributed by atoms with Crippen LogP contribution in [0, 0.1) is 0 Å². The van der Waals surface area contributed by atoms with Crippen molar-refractivity contribution in [2.24, 2.45) is 0 Å². The molecule has 9 aromatic carbocycles. The highest BCUT2D eigenvalue weighted by molar-refractivity contribution is 6.20. The molecule has 0 fully saturated rings. The quantitative estimate of drug-likeness (QED) is 0.157. The van der Waals surface area contributed by atoms with Crippen LogP contribution in [-0.2, 0) is 0 Å². The average Bonchev–Trinajstić information content (AvgIpc) is 3.88. The third kappa shape index (κ3) is 5.73. The molecule has 0 saturated carbocycles. The second-order valence-electron chi connectivity index (χ2n) is 16.3. The monoisotopic (exact) mass is 816 g/mol. The summed E-state index contributed by atoms with van der Waals surface area (Å²) in [6, 6.07) is 76.8. The van der Waals surface area contributed by atoms with Gasteiger partial charge in [-0.15, -0.1) is 0 Å². The van der Waals surface area contributed by atoms with E-state index in [0.29, 0.717) is 17.5 Å². The van der Waals surface area contributed by atoms with Crippen molar-refractivity contribution in [1.82, 2.24) is 29.1 Å². The number of hydrogen-bond donors (Lipinski definition) is 0. The number of nitrogens with zero attached hydrogens (tertiary/aromatic N) is 6. The van der Waals surface area contributed by atoms with Crippen LogP contribution >= 0.6 is 0 Å². The van der Waals surface area contributed by atoms with Crippen LogP contribution in [0.25, 0.3) is 122 Å². The van der Waals surface area contributed by atoms with Crippen LogP contribution in [0.15, 0.2) is 218 Å². The molecule has 64 heavy (non-hydrogen) atoms. The maximum atomic E-state index is 5.29. The molecule has 298 valence electrons. The van der Waals surface area contributed by atoms with E-state index in [-0.39, 0.29) is 0 Å². The number of aromatic nitrogens is 6. The zero-order valence-corrected chi connectivity index (χ0v) is 34.5. The van der Waals surface area contributed by atoms with Gasteiger partial charge in [0.25, 0.3) is 0 Å². The number of hydrogen-bond acceptors (Lipinski definition) is 4. The van der Waals surface area contributed by atoms with Crippen LogP contribution in [0.3, 0.4) is 0 Å². The van der Waals surface area contributed by atoms with Gasteiger partial charge in [-0.2, -0.15) is 0 Å². The summed E-state index contributed by atoms with van der Waals surface area (Å²) >= 11 is 0. The summed E-state index contributed by atoms with van der Waals surface area (Å²) in [5, 5.41) is 8.07. The summed E-state index contributed by atoms with van der Waals surface area (Å²) < 4.78 is 4.70. The summed E-state index contributed by atoms with van der Waals surface area (Å²) in [5.74, 6) is 1.83. The Morgan fingerprint density at radius 2 is 0.750 bits per heavy atom. The summed E-state index contributed by atoms with van der Waals surface area (Å²) in [6.07, 6.45) is 0. The highest BCUT2D eigenvalue weighted by Gasteiger charge is 2.20. The Hall–Kier alpha value is -8.74. The van der Waals surface area contributed by atoms with Crippen molar-refractivity contribution in [3.05, 3.63) is 218 Å². The van der Waals surface area contributed by atoms with Crippen LogP contribution in [0.5, 0.6) is 0 Å². The normalized spacial score (nSPS) is 11.8. The molecule has 0 N–H and O–H groups in total. The molecular weight excluding hydrogens is 781 g/mol. The van der Waals surface area contributed by atoms with E-state index in [1.165, 1.54) is 10.8 Å². The van der Waals surface area contributed by atoms with E-state index < -0.39 is 0 Å². The van der Waals surface area contributed by atoms with Crippen molar-refractivity contribution in [3.63, 3.8) is 0 Å². The third-order valence-electron chi connectivity index (χ3n) is 12.5. The second-order valence-corrected chi connectivity index (χ2v) is 16.3. The molecule has 0 aliphatic heterocycles. The smallest absolute Gasteiger partial charge is 0.164 e. The molecule has 6 nitrogen and oxygen atoms in total. The average molecular weight is 817 g/mol. The van der Waals surface area contributed by atoms with Crippen LogP contribution < -0.4 is 0 Å². The van der Waals surface area contributed by atoms with Gasteiger partial charge in [0.05, 0.1) is 33.3 Å². The van der Waals surface area contributed by atoms with Crippen molar-refractivity contribution in [1.29, 1.82) is 0 Å². The van der Waals surface area contributed by atoms with Crippen LogP contribution in [-0.4, -0.2) is 29.1 Å². The molecule has 13 rings (SSSR count). The molecule has 0 saturated heterocycles. The van der Waals surface area contributed by atoms with E-state index in [1.807, 2.05) is 18.2 Å². The van der Waals surface area contributed by atoms with Crippen molar-refractivity contribution in [2.45, 2.75) is 0 Å². The molecule has 0 aliphatic carbocycles. The predicted octanol–water partition coefficient (Wildman–Crippen LogP) is 14.4. The first-order valence-corrected chi connectivity index (χ1v) is 21.6. The van der Waals surface area contributed by atoms with Crippen molar-refractivity contribution >= 4 is 65.3 Å². The third-order valence-corrected chi connectivity index (χ3v) is 12.5. The molecule has 0 spiro atoms. The Kier molecular flexibility index (Phi) is 8.11. The Balaban J connectivity index is 1.04. The first-order valence-electron chi connectivity index (χ1n) is 21.6. The van der Waals surface area contributed by atoms with Crippen molar-refractivity contribution in [3.8, 4) is 56.8 Å². The van der Waals surface area contributed by atoms with E-state index in [2.05, 4.69) is 209 Å². The van der Waals surface area contributed by atoms with Gasteiger partial charge >= 0.3 is 0 Å². The number of para-hydroxylation sites is 4. The largest absolute Gasteiger partial charge is 0.309 e. The molecule has 0 amide bonds. The summed E-state index contributed by atoms with van der Waals surface area (Å²) in [7, 11) is 0. The lowest BCUT2D eigenvalue weighted by Gasteiger charge is -2.12. The van der Waals surface area contributed by atoms with Gasteiger partial charge in [0, 0.05) is 65.9 Å². The van der Waals surface area contributed by atoms with E-state index in [9.17, 15) is 0 Å². The highest BCUT2D eigenvalue weighted by atomic mass is 15.0. The summed E-state index contributed by atoms with van der Waals surface area (Å²) in [5.41, 5.74) is 12.4. The minimum atomic E-state index is 0.607. The van der Waals surface area contributed by atoms with E-state index in [4.69, 9.17) is 19.9 Å². The zero-order chi connectivity index (χ0) is 42.1. The fraction of sp³-hybridized carbons (Fsp3) is 0. The molecule has 4 aromatic heterocycles. The van der Waals surface area contributed by atoms with Crippen LogP contribution in [0.1, 0.15) is 0 Å². The van der Waals surface area contributed by atoms with Gasteiger partial charge in [-0.3, -0.25) is 0 Å². The lowest BCUT2D eigenvalue weighted by Crippen LogP contribution is -2.01. The lowest BCUT2D eigenvalue weighted by molar-refractivity contribution is 1.07. The number of fused-ring (bicyclic) bond motifs is 9. The molecule has 0 unspecified atom stereocenters. The fourth-order valence-corrected chi connectivity index (χ4v) is 9.61. The van der Waals surface area contributed by atoms with Gasteiger partial charge < -0.3 is 9.13 Å². The molecule has 13 aromatic rings. The first-order chi connectivity index (χ1) is 31.7. The molecule has 6 heteroatoms. The second kappa shape index (κ2) is 14.4. The van der Waals surface area contributed by atoms with Gasteiger partial charge in [0.15, 0.2) is 17.5 Å². The van der Waals surface area contributed by atoms with Gasteiger partial charge in [-0.1, -0.05) is 146 Å². The minimum absolute atomic E-state index is 0.607. The van der Waals surface area contributed by atoms with E-state index in [1.54, 1.807) is 0 Å². The number of benzene rings is 9. The molecule has 0 atom stereocenters. The van der Waals surface area contributed by atoms with Gasteiger partial charge in [0.1, 0.15) is 0 Å². The Morgan fingerprint density at radius 1 is 0.250 bits per heavy atom. The predicted molar refractivity (Wildman–Crippen MR) is 263 cm³/mol. The SMILES string of the molecule is c1ccc(-c2nc(-c3cccc(-n4c5ccccc5c5ccccc54)c3)nc(-c3ccc4c(c3)c3cc5c(cc3n4-c3ccccc3)c(-c3ccccc3)nc3ccccc35)n2)cc1. The van der Waals surface area contributed by atoms with Crippen LogP contribution in [0.4, 0.5) is 0 Å². The first kappa shape index (κ1) is 36.0. The zero-order valence-electron chi connectivity index (χ0n) is 34.5. The van der Waals surface area contributed by atoms with Crippen molar-refractivity contribution < 1.29 is 0 Å². The molecule has 4 heterocycles. The standard InChI is InChI=1S/C58H36N6/c1-4-17-37(18-5-1)55-49-36-54-48(35-46(49)43-25-10-13-28-50(43)59-55)47-34-40(31-32-53(47)63(54)41-22-8-3-9-23-41)58-61-56(38-19-6-2-7-20-38)60-57(62-58)39-21-16-24-42(33-39)64-51-29-14-11-26-44(51)45-27-12-15-30-52(45)64/h1-36H. The fourth-order valence-electron chi connectivity index (χ4n) is 9.61. The maximum Gasteiger partial charge on any atom is 0.164 e. The van der Waals surface area contributed by atoms with E-state index in [0.717, 1.165) is 93.8 Å². The highest BCUT2D eigenvalue weighted by Crippen LogP contribution is 2.41. The van der Waals surface area contributed by atoms with Crippen molar-refractivity contribution in [2.75, 3.05) is 0 Å². The van der Waals surface area contributed by atoms with E-state index >= 15 is 0 Å². The number of pyridine rings is 1.